The van der Waals surface area contributed by atoms with Gasteiger partial charge in [0.05, 0.1) is 27.0 Å². The molecule has 3 rings (SSSR count). The summed E-state index contributed by atoms with van der Waals surface area (Å²) in [6.07, 6.45) is 1.95. The smallest absolute Gasteiger partial charge is 0.261 e. The molecule has 0 aliphatic rings. The summed E-state index contributed by atoms with van der Waals surface area (Å²) in [6, 6.07) is 15.5. The van der Waals surface area contributed by atoms with Crippen molar-refractivity contribution in [3.8, 4) is 5.75 Å². The molecular formula is C24H27NO4S2. The van der Waals surface area contributed by atoms with Gasteiger partial charge in [-0.2, -0.15) is 0 Å². The molecule has 0 atom stereocenters. The number of thioether (sulfide) groups is 1. The van der Waals surface area contributed by atoms with Gasteiger partial charge >= 0.3 is 0 Å². The number of benzene rings is 3. The third-order valence-electron chi connectivity index (χ3n) is 4.86. The molecular weight excluding hydrogens is 430 g/mol. The first kappa shape index (κ1) is 23.0. The second-order valence-electron chi connectivity index (χ2n) is 7.85. The third kappa shape index (κ3) is 5.74. The average molecular weight is 458 g/mol. The Balaban J connectivity index is 1.94. The van der Waals surface area contributed by atoms with Gasteiger partial charge in [0.15, 0.2) is 0 Å². The number of hydrogen-bond donors (Lipinski definition) is 3. The summed E-state index contributed by atoms with van der Waals surface area (Å²) in [6.45, 7) is 7.78. The molecule has 164 valence electrons. The summed E-state index contributed by atoms with van der Waals surface area (Å²) in [5, 5.41) is 21.1. The molecule has 0 saturated carbocycles. The first-order chi connectivity index (χ1) is 14.7. The Labute approximate surface area is 187 Å². The molecule has 0 aliphatic carbocycles. The van der Waals surface area contributed by atoms with Crippen molar-refractivity contribution in [1.82, 2.24) is 0 Å². The highest BCUT2D eigenvalue weighted by Crippen LogP contribution is 2.40. The maximum atomic E-state index is 13.1. The van der Waals surface area contributed by atoms with Gasteiger partial charge in [0, 0.05) is 10.8 Å². The van der Waals surface area contributed by atoms with Crippen molar-refractivity contribution in [3.63, 3.8) is 0 Å². The van der Waals surface area contributed by atoms with E-state index in [1.165, 1.54) is 11.8 Å². The summed E-state index contributed by atoms with van der Waals surface area (Å²) < 4.78 is 28.8. The average Bonchev–Trinajstić information content (AvgIpc) is 2.73. The number of hydrogen-bond acceptors (Lipinski definition) is 5. The zero-order chi connectivity index (χ0) is 22.6. The normalized spacial score (nSPS) is 11.7. The maximum absolute atomic E-state index is 13.1. The number of phenolic OH excluding ortho intramolecular Hbond substituents is 1. The van der Waals surface area contributed by atoms with E-state index >= 15 is 0 Å². The summed E-state index contributed by atoms with van der Waals surface area (Å²) in [5.41, 5.74) is 1.47. The van der Waals surface area contributed by atoms with E-state index in [2.05, 4.69) is 25.1 Å². The molecule has 3 aromatic rings. The molecule has 0 fully saturated rings. The number of aromatic hydroxyl groups is 1. The van der Waals surface area contributed by atoms with Crippen LogP contribution in [0.5, 0.6) is 5.75 Å². The van der Waals surface area contributed by atoms with Crippen LogP contribution in [0.25, 0.3) is 10.8 Å². The number of fused-ring (bicyclic) bond motifs is 1. The standard InChI is InChI=1S/C24H27NO4S2/c1-16(2)8-9-18-10-12-19(13-11-18)31(28,29)25-22-14-23(30-15-17(3)26)24(27)21-7-5-4-6-20(21)22/h4-7,10-14,16,25-27H,3,8-9,15H2,1-2H3. The van der Waals surface area contributed by atoms with Crippen molar-refractivity contribution in [2.75, 3.05) is 10.5 Å². The molecule has 5 nitrogen and oxygen atoms in total. The zero-order valence-corrected chi connectivity index (χ0v) is 19.3. The lowest BCUT2D eigenvalue weighted by atomic mass is 10.0. The second kappa shape index (κ2) is 9.66. The van der Waals surface area contributed by atoms with Crippen molar-refractivity contribution < 1.29 is 18.6 Å². The van der Waals surface area contributed by atoms with Gasteiger partial charge in [0.2, 0.25) is 0 Å². The van der Waals surface area contributed by atoms with E-state index in [0.717, 1.165) is 18.4 Å². The summed E-state index contributed by atoms with van der Waals surface area (Å²) in [5.74, 6) is 0.787. The Bertz CT molecular complexity index is 1190. The van der Waals surface area contributed by atoms with Crippen LogP contribution in [0.4, 0.5) is 5.69 Å². The van der Waals surface area contributed by atoms with Crippen LogP contribution in [0.3, 0.4) is 0 Å². The molecule has 0 heterocycles. The molecule has 0 bridgehead atoms. The second-order valence-corrected chi connectivity index (χ2v) is 10.6. The fraction of sp³-hybridized carbons (Fsp3) is 0.250. The van der Waals surface area contributed by atoms with Gasteiger partial charge in [-0.1, -0.05) is 56.8 Å². The number of rotatable bonds is 9. The fourth-order valence-corrected chi connectivity index (χ4v) is 5.02. The van der Waals surface area contributed by atoms with Crippen LogP contribution in [0, 0.1) is 5.92 Å². The van der Waals surface area contributed by atoms with Crippen molar-refractivity contribution >= 4 is 38.2 Å². The number of aliphatic hydroxyl groups excluding tert-OH is 1. The number of aryl methyl sites for hydroxylation is 1. The number of nitrogens with one attached hydrogen (secondary N) is 1. The molecule has 0 aromatic heterocycles. The number of aliphatic hydroxyl groups is 1. The molecule has 0 amide bonds. The van der Waals surface area contributed by atoms with Crippen LogP contribution in [-0.2, 0) is 16.4 Å². The Hall–Kier alpha value is -2.64. The van der Waals surface area contributed by atoms with Crippen LogP contribution in [0.1, 0.15) is 25.8 Å². The van der Waals surface area contributed by atoms with Gasteiger partial charge < -0.3 is 10.2 Å². The van der Waals surface area contributed by atoms with E-state index in [-0.39, 0.29) is 22.2 Å². The van der Waals surface area contributed by atoms with Crippen LogP contribution in [0.15, 0.2) is 76.7 Å². The predicted molar refractivity (Wildman–Crippen MR) is 129 cm³/mol. The lowest BCUT2D eigenvalue weighted by Crippen LogP contribution is -2.13. The Kier molecular flexibility index (Phi) is 7.18. The highest BCUT2D eigenvalue weighted by molar-refractivity contribution is 7.99. The van der Waals surface area contributed by atoms with Gasteiger partial charge in [0.1, 0.15) is 5.75 Å². The van der Waals surface area contributed by atoms with E-state index in [1.807, 2.05) is 12.1 Å². The molecule has 31 heavy (non-hydrogen) atoms. The van der Waals surface area contributed by atoms with Crippen LogP contribution >= 0.6 is 11.8 Å². The molecule has 0 radical (unpaired) electrons. The molecule has 0 aliphatic heterocycles. The van der Waals surface area contributed by atoms with Crippen LogP contribution < -0.4 is 4.72 Å². The number of anilines is 1. The van der Waals surface area contributed by atoms with Crippen LogP contribution in [-0.4, -0.2) is 24.4 Å². The minimum atomic E-state index is -3.82. The van der Waals surface area contributed by atoms with E-state index in [9.17, 15) is 18.6 Å². The van der Waals surface area contributed by atoms with Crippen molar-refractivity contribution in [3.05, 3.63) is 72.5 Å². The molecule has 0 saturated heterocycles. The Morgan fingerprint density at radius 2 is 1.74 bits per heavy atom. The zero-order valence-electron chi connectivity index (χ0n) is 17.6. The van der Waals surface area contributed by atoms with Gasteiger partial charge in [-0.3, -0.25) is 4.72 Å². The largest absolute Gasteiger partial charge is 0.512 e. The molecule has 0 spiro atoms. The quantitative estimate of drug-likeness (QED) is 0.205. The highest BCUT2D eigenvalue weighted by atomic mass is 32.2. The highest BCUT2D eigenvalue weighted by Gasteiger charge is 2.19. The summed E-state index contributed by atoms with van der Waals surface area (Å²) in [7, 11) is -3.82. The molecule has 3 N–H and O–H groups in total. The topological polar surface area (TPSA) is 86.6 Å². The van der Waals surface area contributed by atoms with Crippen molar-refractivity contribution in [1.29, 1.82) is 0 Å². The summed E-state index contributed by atoms with van der Waals surface area (Å²) in [4.78, 5) is 0.631. The van der Waals surface area contributed by atoms with E-state index in [4.69, 9.17) is 0 Å². The minimum absolute atomic E-state index is 0.0303. The third-order valence-corrected chi connectivity index (χ3v) is 7.34. The molecule has 7 heteroatoms. The van der Waals surface area contributed by atoms with Gasteiger partial charge in [-0.25, -0.2) is 8.42 Å². The van der Waals surface area contributed by atoms with Crippen molar-refractivity contribution in [2.45, 2.75) is 36.5 Å². The SMILES string of the molecule is C=C(O)CSc1cc(NS(=O)(=O)c2ccc(CCC(C)C)cc2)c2ccccc2c1O. The maximum Gasteiger partial charge on any atom is 0.261 e. The van der Waals surface area contributed by atoms with Gasteiger partial charge in [-0.15, -0.1) is 11.8 Å². The van der Waals surface area contributed by atoms with E-state index < -0.39 is 10.0 Å². The van der Waals surface area contributed by atoms with Crippen LogP contribution in [0.2, 0.25) is 0 Å². The lowest BCUT2D eigenvalue weighted by molar-refractivity contribution is 0.420. The molecule has 3 aromatic carbocycles. The van der Waals surface area contributed by atoms with E-state index in [0.29, 0.717) is 27.3 Å². The number of sulfonamides is 1. The van der Waals surface area contributed by atoms with Crippen molar-refractivity contribution in [2.24, 2.45) is 5.92 Å². The Morgan fingerprint density at radius 3 is 2.35 bits per heavy atom. The first-order valence-electron chi connectivity index (χ1n) is 10.0. The lowest BCUT2D eigenvalue weighted by Gasteiger charge is -2.15. The number of phenols is 1. The minimum Gasteiger partial charge on any atom is -0.512 e. The van der Waals surface area contributed by atoms with Gasteiger partial charge in [-0.05, 0) is 42.5 Å². The Morgan fingerprint density at radius 1 is 1.10 bits per heavy atom. The fourth-order valence-electron chi connectivity index (χ4n) is 3.18. The predicted octanol–water partition coefficient (Wildman–Crippen LogP) is 6.10. The summed E-state index contributed by atoms with van der Waals surface area (Å²) >= 11 is 1.18. The monoisotopic (exact) mass is 457 g/mol. The van der Waals surface area contributed by atoms with E-state index in [1.54, 1.807) is 42.5 Å². The first-order valence-corrected chi connectivity index (χ1v) is 12.5. The molecule has 0 unspecified atom stereocenters. The van der Waals surface area contributed by atoms with Gasteiger partial charge in [0.25, 0.3) is 10.0 Å².